The topological polar surface area (TPSA) is 104 Å². The number of nitrogens with zero attached hydrogens (tertiary/aromatic N) is 2. The zero-order chi connectivity index (χ0) is 24.3. The van der Waals surface area contributed by atoms with Gasteiger partial charge in [-0.15, -0.1) is 0 Å². The van der Waals surface area contributed by atoms with Crippen molar-refractivity contribution in [1.29, 1.82) is 0 Å². The molecule has 3 rings (SSSR count). The highest BCUT2D eigenvalue weighted by Crippen LogP contribution is 2.30. The summed E-state index contributed by atoms with van der Waals surface area (Å²) in [5.41, 5.74) is 1.96. The van der Waals surface area contributed by atoms with Gasteiger partial charge < -0.3 is 10.2 Å². The standard InChI is InChI=1S/C24H29N3O5S/c1-16(2)25-23(29)18(4)26(15-19-10-6-5-9-17(19)3)22(28)13-14-27-24(30)20-11-7-8-12-21(20)33(27,31)32/h5-12,16,18H,13-15H2,1-4H3,(H,25,29)/t18-/m0/s1. The summed E-state index contributed by atoms with van der Waals surface area (Å²) in [5.74, 6) is -1.36. The van der Waals surface area contributed by atoms with Crippen molar-refractivity contribution < 1.29 is 22.8 Å². The SMILES string of the molecule is Cc1ccccc1CN(C(=O)CCN1C(=O)c2ccccc2S1(=O)=O)[C@@H](C)C(=O)NC(C)C. The quantitative estimate of drug-likeness (QED) is 0.637. The van der Waals surface area contributed by atoms with Crippen LogP contribution in [0.15, 0.2) is 53.4 Å². The summed E-state index contributed by atoms with van der Waals surface area (Å²) < 4.78 is 26.3. The third-order valence-electron chi connectivity index (χ3n) is 5.64. The van der Waals surface area contributed by atoms with Crippen LogP contribution < -0.4 is 5.32 Å². The third-order valence-corrected chi connectivity index (χ3v) is 7.48. The van der Waals surface area contributed by atoms with E-state index in [-0.39, 0.29) is 41.9 Å². The number of carbonyl (C=O) groups excluding carboxylic acids is 3. The smallest absolute Gasteiger partial charge is 0.269 e. The number of nitrogens with one attached hydrogen (secondary N) is 1. The molecule has 0 aliphatic carbocycles. The van der Waals surface area contributed by atoms with Crippen molar-refractivity contribution in [2.24, 2.45) is 0 Å². The van der Waals surface area contributed by atoms with Crippen molar-refractivity contribution in [2.45, 2.75) is 57.6 Å². The monoisotopic (exact) mass is 471 g/mol. The first-order valence-electron chi connectivity index (χ1n) is 10.8. The Labute approximate surface area is 194 Å². The maximum Gasteiger partial charge on any atom is 0.269 e. The molecule has 3 amide bonds. The lowest BCUT2D eigenvalue weighted by Crippen LogP contribution is -2.49. The van der Waals surface area contributed by atoms with E-state index in [1.165, 1.54) is 17.0 Å². The van der Waals surface area contributed by atoms with E-state index < -0.39 is 27.9 Å². The number of carbonyl (C=O) groups is 3. The number of fused-ring (bicyclic) bond motifs is 1. The van der Waals surface area contributed by atoms with E-state index in [9.17, 15) is 22.8 Å². The Bertz CT molecular complexity index is 1180. The molecule has 0 fully saturated rings. The molecule has 0 saturated heterocycles. The molecule has 0 bridgehead atoms. The summed E-state index contributed by atoms with van der Waals surface area (Å²) in [5, 5.41) is 2.81. The molecule has 1 atom stereocenters. The van der Waals surface area contributed by atoms with Crippen LogP contribution in [-0.2, 0) is 26.2 Å². The first-order valence-corrected chi connectivity index (χ1v) is 12.3. The normalized spacial score (nSPS) is 15.3. The Balaban J connectivity index is 1.81. The first-order chi connectivity index (χ1) is 15.5. The summed E-state index contributed by atoms with van der Waals surface area (Å²) in [4.78, 5) is 40.0. The maximum absolute atomic E-state index is 13.3. The molecule has 1 aliphatic heterocycles. The van der Waals surface area contributed by atoms with Crippen LogP contribution in [0.5, 0.6) is 0 Å². The van der Waals surface area contributed by atoms with Gasteiger partial charge in [0.2, 0.25) is 11.8 Å². The minimum Gasteiger partial charge on any atom is -0.352 e. The van der Waals surface area contributed by atoms with Crippen LogP contribution in [0.2, 0.25) is 0 Å². The zero-order valence-corrected chi connectivity index (χ0v) is 20.1. The lowest BCUT2D eigenvalue weighted by Gasteiger charge is -2.30. The van der Waals surface area contributed by atoms with Crippen molar-refractivity contribution in [2.75, 3.05) is 6.54 Å². The van der Waals surface area contributed by atoms with Crippen LogP contribution in [0.25, 0.3) is 0 Å². The van der Waals surface area contributed by atoms with Crippen LogP contribution in [-0.4, -0.2) is 54.0 Å². The van der Waals surface area contributed by atoms with Crippen LogP contribution >= 0.6 is 0 Å². The molecule has 1 N–H and O–H groups in total. The van der Waals surface area contributed by atoms with Gasteiger partial charge >= 0.3 is 0 Å². The number of hydrogen-bond donors (Lipinski definition) is 1. The predicted molar refractivity (Wildman–Crippen MR) is 124 cm³/mol. The number of rotatable bonds is 8. The molecule has 1 heterocycles. The fourth-order valence-electron chi connectivity index (χ4n) is 3.75. The van der Waals surface area contributed by atoms with Gasteiger partial charge in [0.15, 0.2) is 0 Å². The molecule has 0 saturated carbocycles. The van der Waals surface area contributed by atoms with Crippen LogP contribution in [0.4, 0.5) is 0 Å². The molecule has 0 spiro atoms. The van der Waals surface area contributed by atoms with Crippen molar-refractivity contribution in [3.8, 4) is 0 Å². The molecular weight excluding hydrogens is 442 g/mol. The van der Waals surface area contributed by atoms with Crippen molar-refractivity contribution in [3.63, 3.8) is 0 Å². The lowest BCUT2D eigenvalue weighted by atomic mass is 10.1. The summed E-state index contributed by atoms with van der Waals surface area (Å²) in [7, 11) is -4.00. The van der Waals surface area contributed by atoms with Crippen LogP contribution in [0.1, 0.15) is 48.7 Å². The lowest BCUT2D eigenvalue weighted by molar-refractivity contribution is -0.140. The minimum absolute atomic E-state index is 0.0519. The van der Waals surface area contributed by atoms with Gasteiger partial charge in [0.05, 0.1) is 5.56 Å². The number of sulfonamides is 1. The van der Waals surface area contributed by atoms with E-state index in [1.54, 1.807) is 19.1 Å². The second-order valence-corrected chi connectivity index (χ2v) is 10.2. The minimum atomic E-state index is -4.00. The van der Waals surface area contributed by atoms with Gasteiger partial charge in [0.25, 0.3) is 15.9 Å². The van der Waals surface area contributed by atoms with Gasteiger partial charge in [-0.3, -0.25) is 14.4 Å². The van der Waals surface area contributed by atoms with Crippen LogP contribution in [0, 0.1) is 6.92 Å². The van der Waals surface area contributed by atoms with E-state index in [0.29, 0.717) is 0 Å². The molecule has 9 heteroatoms. The largest absolute Gasteiger partial charge is 0.352 e. The van der Waals surface area contributed by atoms with Crippen molar-refractivity contribution >= 4 is 27.7 Å². The predicted octanol–water partition coefficient (Wildman–Crippen LogP) is 2.47. The molecule has 0 aromatic heterocycles. The molecule has 0 radical (unpaired) electrons. The first kappa shape index (κ1) is 24.4. The van der Waals surface area contributed by atoms with E-state index in [2.05, 4.69) is 5.32 Å². The highest BCUT2D eigenvalue weighted by atomic mass is 32.2. The second-order valence-electron chi connectivity index (χ2n) is 8.42. The molecular formula is C24H29N3O5S. The number of aryl methyl sites for hydroxylation is 1. The number of amides is 3. The highest BCUT2D eigenvalue weighted by molar-refractivity contribution is 7.90. The Morgan fingerprint density at radius 3 is 2.30 bits per heavy atom. The fraction of sp³-hybridized carbons (Fsp3) is 0.375. The number of benzene rings is 2. The van der Waals surface area contributed by atoms with E-state index >= 15 is 0 Å². The molecule has 1 aliphatic rings. The Hall–Kier alpha value is -3.20. The van der Waals surface area contributed by atoms with E-state index in [0.717, 1.165) is 15.4 Å². The summed E-state index contributed by atoms with van der Waals surface area (Å²) in [6.07, 6.45) is -0.232. The summed E-state index contributed by atoms with van der Waals surface area (Å²) in [6, 6.07) is 12.7. The molecule has 2 aromatic rings. The van der Waals surface area contributed by atoms with Gasteiger partial charge in [-0.2, -0.15) is 0 Å². The van der Waals surface area contributed by atoms with Crippen molar-refractivity contribution in [3.05, 3.63) is 65.2 Å². The van der Waals surface area contributed by atoms with E-state index in [4.69, 9.17) is 0 Å². The molecule has 176 valence electrons. The van der Waals surface area contributed by atoms with Crippen molar-refractivity contribution in [1.82, 2.24) is 14.5 Å². The summed E-state index contributed by atoms with van der Waals surface area (Å²) in [6.45, 7) is 7.13. The summed E-state index contributed by atoms with van der Waals surface area (Å²) >= 11 is 0. The average molecular weight is 472 g/mol. The molecule has 33 heavy (non-hydrogen) atoms. The average Bonchev–Trinajstić information content (AvgIpc) is 2.96. The van der Waals surface area contributed by atoms with Gasteiger partial charge in [-0.05, 0) is 51.0 Å². The van der Waals surface area contributed by atoms with Gasteiger partial charge in [-0.1, -0.05) is 36.4 Å². The third kappa shape index (κ3) is 5.08. The van der Waals surface area contributed by atoms with Crippen LogP contribution in [0.3, 0.4) is 0 Å². The Kier molecular flexibility index (Phi) is 7.22. The number of hydrogen-bond acceptors (Lipinski definition) is 5. The molecule has 8 nitrogen and oxygen atoms in total. The maximum atomic E-state index is 13.3. The van der Waals surface area contributed by atoms with Gasteiger partial charge in [0, 0.05) is 25.6 Å². The second kappa shape index (κ2) is 9.74. The Morgan fingerprint density at radius 1 is 1.03 bits per heavy atom. The Morgan fingerprint density at radius 2 is 1.67 bits per heavy atom. The zero-order valence-electron chi connectivity index (χ0n) is 19.2. The molecule has 2 aromatic carbocycles. The van der Waals surface area contributed by atoms with E-state index in [1.807, 2.05) is 45.0 Å². The molecule has 0 unspecified atom stereocenters. The fourth-order valence-corrected chi connectivity index (χ4v) is 5.32. The highest BCUT2D eigenvalue weighted by Gasteiger charge is 2.41. The van der Waals surface area contributed by atoms with Gasteiger partial charge in [-0.25, -0.2) is 12.7 Å². The van der Waals surface area contributed by atoms with Gasteiger partial charge in [0.1, 0.15) is 10.9 Å².